The van der Waals surface area contributed by atoms with Crippen molar-refractivity contribution in [3.05, 3.63) is 60.6 Å². The molecule has 25 heavy (non-hydrogen) atoms. The van der Waals surface area contributed by atoms with Crippen molar-refractivity contribution >= 4 is 19.2 Å². The van der Waals surface area contributed by atoms with Crippen LogP contribution in [0.25, 0.3) is 16.8 Å². The predicted octanol–water partition coefficient (Wildman–Crippen LogP) is 2.47. The number of carbonyl (C=O) groups is 1. The van der Waals surface area contributed by atoms with E-state index in [1.165, 1.54) is 10.6 Å². The number of nitrogens with zero attached hydrogens (tertiary/aromatic N) is 2. The molecule has 0 amide bonds. The number of benzene rings is 1. The van der Waals surface area contributed by atoms with Crippen LogP contribution >= 0.6 is 7.60 Å². The maximum Gasteiger partial charge on any atom is 0.374 e. The smallest absolute Gasteiger partial charge is 0.374 e. The highest BCUT2D eigenvalue weighted by Gasteiger charge is 2.55. The Morgan fingerprint density at radius 2 is 1.88 bits per heavy atom. The normalized spacial score (nSPS) is 14.4. The maximum atomic E-state index is 14.5. The molecule has 1 aromatic carbocycles. The zero-order valence-corrected chi connectivity index (χ0v) is 13.7. The summed E-state index contributed by atoms with van der Waals surface area (Å²) in [5, 5.41) is 5.23. The molecule has 0 saturated heterocycles. The Bertz CT molecular complexity index is 985. The molecule has 1 atom stereocenters. The number of rotatable bonds is 5. The van der Waals surface area contributed by atoms with Crippen molar-refractivity contribution in [2.45, 2.75) is 11.8 Å². The van der Waals surface area contributed by atoms with E-state index in [1.54, 1.807) is 18.3 Å². The second kappa shape index (κ2) is 6.07. The van der Waals surface area contributed by atoms with Gasteiger partial charge in [0.05, 0.1) is 0 Å². The van der Waals surface area contributed by atoms with Gasteiger partial charge in [0.1, 0.15) is 5.65 Å². The highest BCUT2D eigenvalue weighted by molar-refractivity contribution is 7.54. The third-order valence-electron chi connectivity index (χ3n) is 3.90. The number of pyridine rings is 1. The lowest BCUT2D eigenvalue weighted by Gasteiger charge is -2.21. The molecular weight excluding hydrogens is 350 g/mol. The van der Waals surface area contributed by atoms with Gasteiger partial charge in [-0.1, -0.05) is 30.3 Å². The lowest BCUT2D eigenvalue weighted by Crippen LogP contribution is -2.36. The van der Waals surface area contributed by atoms with E-state index in [9.17, 15) is 13.8 Å². The number of imidazole rings is 1. The first-order valence-electron chi connectivity index (χ1n) is 7.22. The summed E-state index contributed by atoms with van der Waals surface area (Å²) in [5.74, 6) is -2.21. The standard InChI is InChI=1S/C16H14FN2O5P/c17-16(15(20)21,25(22,23)24)9-13-10-18-14-8-12(6-7-19(13)14)11-4-2-1-3-5-11/h1-8,10H,9H2,(H,20,21)(H2,22,23,24). The summed E-state index contributed by atoms with van der Waals surface area (Å²) >= 11 is 0. The van der Waals surface area contributed by atoms with Crippen LogP contribution in [-0.2, 0) is 15.8 Å². The van der Waals surface area contributed by atoms with E-state index in [4.69, 9.17) is 14.9 Å². The molecule has 0 aliphatic carbocycles. The molecular formula is C16H14FN2O5P. The fourth-order valence-electron chi connectivity index (χ4n) is 2.52. The van der Waals surface area contributed by atoms with Crippen LogP contribution in [-0.4, -0.2) is 35.7 Å². The third kappa shape index (κ3) is 3.07. The van der Waals surface area contributed by atoms with Crippen LogP contribution in [0.15, 0.2) is 54.9 Å². The van der Waals surface area contributed by atoms with Crippen LogP contribution in [0.5, 0.6) is 0 Å². The summed E-state index contributed by atoms with van der Waals surface area (Å²) in [4.78, 5) is 33.3. The van der Waals surface area contributed by atoms with Gasteiger partial charge in [0, 0.05) is 24.5 Å². The largest absolute Gasteiger partial charge is 0.478 e. The SMILES string of the molecule is O=C(O)C(F)(Cc1cnc2cc(-c3ccccc3)ccn12)P(=O)(O)O. The minimum Gasteiger partial charge on any atom is -0.478 e. The minimum absolute atomic E-state index is 0.0443. The zero-order valence-electron chi connectivity index (χ0n) is 12.8. The van der Waals surface area contributed by atoms with Gasteiger partial charge in [0.2, 0.25) is 0 Å². The number of halogens is 1. The van der Waals surface area contributed by atoms with E-state index in [1.807, 2.05) is 30.3 Å². The summed E-state index contributed by atoms with van der Waals surface area (Å²) in [6, 6.07) is 12.9. The average molecular weight is 364 g/mol. The Morgan fingerprint density at radius 3 is 2.48 bits per heavy atom. The number of hydrogen-bond acceptors (Lipinski definition) is 3. The van der Waals surface area contributed by atoms with E-state index in [-0.39, 0.29) is 5.69 Å². The lowest BCUT2D eigenvalue weighted by atomic mass is 10.1. The van der Waals surface area contributed by atoms with Crippen molar-refractivity contribution in [3.8, 4) is 11.1 Å². The summed E-state index contributed by atoms with van der Waals surface area (Å²) in [6.07, 6.45) is 1.76. The lowest BCUT2D eigenvalue weighted by molar-refractivity contribution is -0.146. The van der Waals surface area contributed by atoms with Crippen molar-refractivity contribution in [2.24, 2.45) is 0 Å². The van der Waals surface area contributed by atoms with Gasteiger partial charge in [-0.3, -0.25) is 4.57 Å². The Kier molecular flexibility index (Phi) is 4.20. The molecule has 9 heteroatoms. The van der Waals surface area contributed by atoms with Crippen molar-refractivity contribution < 1.29 is 28.6 Å². The van der Waals surface area contributed by atoms with Crippen molar-refractivity contribution in [1.82, 2.24) is 9.38 Å². The molecule has 3 N–H and O–H groups in total. The molecule has 0 bridgehead atoms. The van der Waals surface area contributed by atoms with Crippen LogP contribution in [0.4, 0.5) is 4.39 Å². The topological polar surface area (TPSA) is 112 Å². The van der Waals surface area contributed by atoms with Crippen molar-refractivity contribution in [1.29, 1.82) is 0 Å². The van der Waals surface area contributed by atoms with Gasteiger partial charge in [0.25, 0.3) is 0 Å². The summed E-state index contributed by atoms with van der Waals surface area (Å²) in [5.41, 5.74) is 2.25. The van der Waals surface area contributed by atoms with Gasteiger partial charge in [0.15, 0.2) is 0 Å². The Hall–Kier alpha value is -2.54. The molecule has 0 fully saturated rings. The molecule has 7 nitrogen and oxygen atoms in total. The average Bonchev–Trinajstić information content (AvgIpc) is 2.96. The van der Waals surface area contributed by atoms with Gasteiger partial charge in [-0.15, -0.1) is 0 Å². The van der Waals surface area contributed by atoms with Crippen LogP contribution in [0.1, 0.15) is 5.69 Å². The zero-order chi connectivity index (χ0) is 18.2. The number of aromatic nitrogens is 2. The second-order valence-electron chi connectivity index (χ2n) is 5.54. The van der Waals surface area contributed by atoms with Crippen molar-refractivity contribution in [3.63, 3.8) is 0 Å². The molecule has 130 valence electrons. The first-order valence-corrected chi connectivity index (χ1v) is 8.83. The fraction of sp³-hybridized carbons (Fsp3) is 0.125. The van der Waals surface area contributed by atoms with E-state index >= 15 is 0 Å². The summed E-state index contributed by atoms with van der Waals surface area (Å²) < 4.78 is 27.2. The van der Waals surface area contributed by atoms with Crippen LogP contribution in [0.3, 0.4) is 0 Å². The quantitative estimate of drug-likeness (QED) is 0.600. The molecule has 3 rings (SSSR count). The molecule has 0 aliphatic heterocycles. The van der Waals surface area contributed by atoms with Crippen LogP contribution in [0, 0.1) is 0 Å². The van der Waals surface area contributed by atoms with E-state index < -0.39 is 25.4 Å². The van der Waals surface area contributed by atoms with Gasteiger partial charge in [-0.2, -0.15) is 0 Å². The number of hydrogen-bond donors (Lipinski definition) is 3. The molecule has 1 unspecified atom stereocenters. The third-order valence-corrected chi connectivity index (χ3v) is 5.17. The van der Waals surface area contributed by atoms with Gasteiger partial charge >= 0.3 is 19.0 Å². The van der Waals surface area contributed by atoms with Gasteiger partial charge in [-0.25, -0.2) is 14.2 Å². The first kappa shape index (κ1) is 17.3. The van der Waals surface area contributed by atoms with E-state index in [2.05, 4.69) is 4.98 Å². The highest BCUT2D eigenvalue weighted by atomic mass is 31.2. The number of fused-ring (bicyclic) bond motifs is 1. The molecule has 0 spiro atoms. The van der Waals surface area contributed by atoms with Crippen LogP contribution < -0.4 is 0 Å². The highest BCUT2D eigenvalue weighted by Crippen LogP contribution is 2.53. The fourth-order valence-corrected chi connectivity index (χ4v) is 3.13. The second-order valence-corrected chi connectivity index (χ2v) is 7.34. The van der Waals surface area contributed by atoms with Crippen LogP contribution in [0.2, 0.25) is 0 Å². The molecule has 0 aliphatic rings. The Morgan fingerprint density at radius 1 is 1.20 bits per heavy atom. The number of carboxylic acid groups (broad SMARTS) is 1. The Balaban J connectivity index is 2.02. The molecule has 0 radical (unpaired) electrons. The monoisotopic (exact) mass is 364 g/mol. The van der Waals surface area contributed by atoms with Gasteiger partial charge in [-0.05, 0) is 23.3 Å². The maximum absolute atomic E-state index is 14.5. The Labute approximate surface area is 141 Å². The molecule has 0 saturated carbocycles. The summed E-state index contributed by atoms with van der Waals surface area (Å²) in [6.45, 7) is 0. The van der Waals surface area contributed by atoms with E-state index in [0.717, 1.165) is 11.1 Å². The number of carboxylic acids is 1. The first-order chi connectivity index (χ1) is 11.7. The van der Waals surface area contributed by atoms with Crippen molar-refractivity contribution in [2.75, 3.05) is 0 Å². The van der Waals surface area contributed by atoms with Gasteiger partial charge < -0.3 is 19.3 Å². The molecule has 2 aromatic heterocycles. The predicted molar refractivity (Wildman–Crippen MR) is 87.9 cm³/mol. The van der Waals surface area contributed by atoms with E-state index in [0.29, 0.717) is 5.65 Å². The summed E-state index contributed by atoms with van der Waals surface area (Å²) in [7, 11) is -5.53. The number of aliphatic carboxylic acids is 1. The number of alkyl halides is 1. The minimum atomic E-state index is -5.53. The molecule has 2 heterocycles. The molecule has 3 aromatic rings.